The number of allylic oxidation sites excluding steroid dienone is 1. The van der Waals surface area contributed by atoms with Crippen LogP contribution in [0.25, 0.3) is 6.08 Å². The van der Waals surface area contributed by atoms with E-state index in [0.717, 1.165) is 30.6 Å². The monoisotopic (exact) mass is 432 g/mol. The minimum atomic E-state index is -0.343. The largest absolute Gasteiger partial charge is 0.497 e. The summed E-state index contributed by atoms with van der Waals surface area (Å²) in [6.45, 7) is 0.525. The lowest BCUT2D eigenvalue weighted by atomic mass is 9.97. The van der Waals surface area contributed by atoms with Gasteiger partial charge in [0.25, 0.3) is 5.91 Å². The number of carbonyl (C=O) groups is 2. The summed E-state index contributed by atoms with van der Waals surface area (Å²) in [4.78, 5) is 27.3. The van der Waals surface area contributed by atoms with Gasteiger partial charge in [0, 0.05) is 6.54 Å². The van der Waals surface area contributed by atoms with Crippen LogP contribution in [0.3, 0.4) is 0 Å². The number of para-hydroxylation sites is 2. The number of rotatable bonds is 7. The number of nitrogens with one attached hydrogen (secondary N) is 1. The second-order valence-electron chi connectivity index (χ2n) is 7.95. The molecule has 2 aromatic carbocycles. The zero-order valence-electron chi connectivity index (χ0n) is 18.3. The molecule has 0 radical (unpaired) electrons. The topological polar surface area (TPSA) is 67.9 Å². The van der Waals surface area contributed by atoms with Crippen LogP contribution >= 0.6 is 0 Å². The van der Waals surface area contributed by atoms with E-state index in [1.807, 2.05) is 36.4 Å². The Labute approximate surface area is 188 Å². The fourth-order valence-electron chi connectivity index (χ4n) is 3.96. The summed E-state index contributed by atoms with van der Waals surface area (Å²) in [7, 11) is 1.60. The molecular weight excluding hydrogens is 404 g/mol. The lowest BCUT2D eigenvalue weighted by Gasteiger charge is -2.30. The lowest BCUT2D eigenvalue weighted by molar-refractivity contribution is -0.123. The summed E-state index contributed by atoms with van der Waals surface area (Å²) >= 11 is 0. The average molecular weight is 433 g/mol. The Kier molecular flexibility index (Phi) is 6.90. The fourth-order valence-corrected chi connectivity index (χ4v) is 3.96. The van der Waals surface area contributed by atoms with Crippen molar-refractivity contribution < 1.29 is 19.1 Å². The molecule has 0 atom stereocenters. The van der Waals surface area contributed by atoms with Gasteiger partial charge >= 0.3 is 0 Å². The first kappa shape index (κ1) is 21.7. The molecule has 6 nitrogen and oxygen atoms in total. The van der Waals surface area contributed by atoms with Gasteiger partial charge in [-0.25, -0.2) is 0 Å². The molecule has 2 aromatic rings. The van der Waals surface area contributed by atoms with E-state index < -0.39 is 0 Å². The first-order chi connectivity index (χ1) is 15.6. The van der Waals surface area contributed by atoms with Crippen LogP contribution in [-0.4, -0.2) is 32.0 Å². The van der Waals surface area contributed by atoms with Crippen LogP contribution in [0.1, 0.15) is 37.7 Å². The molecular formula is C26H28N2O4. The van der Waals surface area contributed by atoms with Gasteiger partial charge in [-0.05, 0) is 68.0 Å². The van der Waals surface area contributed by atoms with Gasteiger partial charge in [0.15, 0.2) is 11.5 Å². The summed E-state index contributed by atoms with van der Waals surface area (Å²) in [6, 6.07) is 14.6. The molecule has 1 aliphatic heterocycles. The number of methoxy groups -OCH3 is 1. The fraction of sp³-hybridized carbons (Fsp3) is 0.308. The molecule has 0 bridgehead atoms. The summed E-state index contributed by atoms with van der Waals surface area (Å²) in [5.74, 6) is 0.927. The molecule has 0 aromatic heterocycles. The van der Waals surface area contributed by atoms with Crippen molar-refractivity contribution in [2.45, 2.75) is 32.1 Å². The van der Waals surface area contributed by atoms with Crippen LogP contribution in [0, 0.1) is 0 Å². The van der Waals surface area contributed by atoms with Gasteiger partial charge in [0.05, 0.1) is 12.8 Å². The average Bonchev–Trinajstić information content (AvgIpc) is 2.83. The maximum atomic E-state index is 13.2. The Morgan fingerprint density at radius 3 is 2.72 bits per heavy atom. The number of hydrogen-bond donors (Lipinski definition) is 1. The number of anilines is 1. The minimum absolute atomic E-state index is 0.0573. The van der Waals surface area contributed by atoms with E-state index in [1.54, 1.807) is 25.3 Å². The van der Waals surface area contributed by atoms with Crippen molar-refractivity contribution >= 4 is 23.6 Å². The number of amides is 2. The third-order valence-corrected chi connectivity index (χ3v) is 5.70. The number of nitrogens with zero attached hydrogens (tertiary/aromatic N) is 1. The van der Waals surface area contributed by atoms with Crippen molar-refractivity contribution in [2.24, 2.45) is 0 Å². The van der Waals surface area contributed by atoms with Crippen molar-refractivity contribution in [3.63, 3.8) is 0 Å². The maximum Gasteiger partial charge on any atom is 0.294 e. The molecule has 0 unspecified atom stereocenters. The van der Waals surface area contributed by atoms with E-state index >= 15 is 0 Å². The highest BCUT2D eigenvalue weighted by Crippen LogP contribution is 2.35. The molecule has 0 fully saturated rings. The molecule has 4 rings (SSSR count). The Morgan fingerprint density at radius 1 is 1.16 bits per heavy atom. The van der Waals surface area contributed by atoms with Crippen LogP contribution in [0.4, 0.5) is 5.69 Å². The molecule has 0 spiro atoms. The molecule has 2 aliphatic rings. The molecule has 1 N–H and O–H groups in total. The predicted molar refractivity (Wildman–Crippen MR) is 125 cm³/mol. The van der Waals surface area contributed by atoms with Crippen molar-refractivity contribution in [1.29, 1.82) is 0 Å². The number of fused-ring (bicyclic) bond motifs is 1. The highest BCUT2D eigenvalue weighted by Gasteiger charge is 2.31. The van der Waals surface area contributed by atoms with Gasteiger partial charge in [-0.3, -0.25) is 14.5 Å². The molecule has 0 saturated heterocycles. The standard InChI is InChI=1S/C26H28N2O4/c1-31-21-13-11-20(12-14-21)17-24-26(30)28(22-9-5-6-10-23(22)32-24)18-25(29)27-16-15-19-7-3-2-4-8-19/h5-7,9-14,17H,2-4,8,15-16,18H2,1H3,(H,27,29). The molecule has 32 heavy (non-hydrogen) atoms. The van der Waals surface area contributed by atoms with E-state index in [0.29, 0.717) is 18.0 Å². The minimum Gasteiger partial charge on any atom is -0.497 e. The van der Waals surface area contributed by atoms with E-state index in [9.17, 15) is 9.59 Å². The Morgan fingerprint density at radius 2 is 1.97 bits per heavy atom. The van der Waals surface area contributed by atoms with Crippen molar-refractivity contribution in [2.75, 3.05) is 25.1 Å². The van der Waals surface area contributed by atoms with E-state index in [1.165, 1.54) is 23.3 Å². The maximum absolute atomic E-state index is 13.2. The van der Waals surface area contributed by atoms with Crippen LogP contribution in [0.2, 0.25) is 0 Å². The third kappa shape index (κ3) is 5.19. The van der Waals surface area contributed by atoms with Gasteiger partial charge in [-0.1, -0.05) is 35.9 Å². The zero-order valence-corrected chi connectivity index (χ0v) is 18.3. The quantitative estimate of drug-likeness (QED) is 0.518. The van der Waals surface area contributed by atoms with Gasteiger partial charge in [-0.15, -0.1) is 0 Å². The normalized spacial score (nSPS) is 16.8. The predicted octanol–water partition coefficient (Wildman–Crippen LogP) is 4.47. The number of hydrogen-bond acceptors (Lipinski definition) is 4. The van der Waals surface area contributed by atoms with Crippen LogP contribution in [-0.2, 0) is 9.59 Å². The number of benzene rings is 2. The van der Waals surface area contributed by atoms with Gasteiger partial charge in [0.2, 0.25) is 5.91 Å². The van der Waals surface area contributed by atoms with Gasteiger partial charge < -0.3 is 14.8 Å². The Bertz CT molecular complexity index is 1040. The van der Waals surface area contributed by atoms with Crippen molar-refractivity contribution in [3.8, 4) is 11.5 Å². The summed E-state index contributed by atoms with van der Waals surface area (Å²) < 4.78 is 11.1. The van der Waals surface area contributed by atoms with Crippen molar-refractivity contribution in [1.82, 2.24) is 5.32 Å². The van der Waals surface area contributed by atoms with E-state index in [2.05, 4.69) is 11.4 Å². The molecule has 2 amide bonds. The number of ether oxygens (including phenoxy) is 2. The summed E-state index contributed by atoms with van der Waals surface area (Å²) in [6.07, 6.45) is 9.55. The Balaban J connectivity index is 1.47. The highest BCUT2D eigenvalue weighted by molar-refractivity contribution is 6.12. The molecule has 1 aliphatic carbocycles. The third-order valence-electron chi connectivity index (χ3n) is 5.70. The molecule has 0 saturated carbocycles. The molecule has 166 valence electrons. The van der Waals surface area contributed by atoms with Crippen molar-refractivity contribution in [3.05, 3.63) is 71.5 Å². The lowest BCUT2D eigenvalue weighted by Crippen LogP contribution is -2.44. The van der Waals surface area contributed by atoms with Gasteiger partial charge in [0.1, 0.15) is 12.3 Å². The van der Waals surface area contributed by atoms with Crippen LogP contribution in [0.15, 0.2) is 65.9 Å². The van der Waals surface area contributed by atoms with E-state index in [4.69, 9.17) is 9.47 Å². The highest BCUT2D eigenvalue weighted by atomic mass is 16.5. The number of carbonyl (C=O) groups excluding carboxylic acids is 2. The first-order valence-corrected chi connectivity index (χ1v) is 11.0. The van der Waals surface area contributed by atoms with E-state index in [-0.39, 0.29) is 24.1 Å². The molecule has 6 heteroatoms. The van der Waals surface area contributed by atoms with Crippen LogP contribution in [0.5, 0.6) is 11.5 Å². The summed E-state index contributed by atoms with van der Waals surface area (Å²) in [5, 5.41) is 2.96. The van der Waals surface area contributed by atoms with Crippen LogP contribution < -0.4 is 19.7 Å². The molecule has 1 heterocycles. The zero-order chi connectivity index (χ0) is 22.3. The van der Waals surface area contributed by atoms with Gasteiger partial charge in [-0.2, -0.15) is 0 Å². The smallest absolute Gasteiger partial charge is 0.294 e. The summed E-state index contributed by atoms with van der Waals surface area (Å²) in [5.41, 5.74) is 2.81. The Hall–Kier alpha value is -3.54. The SMILES string of the molecule is COc1ccc(C=C2Oc3ccccc3N(CC(=O)NCCC3=CCCCC3)C2=O)cc1. The second-order valence-corrected chi connectivity index (χ2v) is 7.95. The second kappa shape index (κ2) is 10.2. The first-order valence-electron chi connectivity index (χ1n) is 11.0.